The average molecular weight is 203 g/mol. The number of hydrogen-bond acceptors (Lipinski definition) is 2. The molecule has 0 aromatic carbocycles. The van der Waals surface area contributed by atoms with E-state index < -0.39 is 0 Å². The Kier molecular flexibility index (Phi) is 2.49. The van der Waals surface area contributed by atoms with Crippen molar-refractivity contribution in [2.75, 3.05) is 0 Å². The normalized spacial score (nSPS) is 13.3. The number of nitrogens with zero attached hydrogens (tertiary/aromatic N) is 2. The summed E-state index contributed by atoms with van der Waals surface area (Å²) in [5.41, 5.74) is 10.4. The third-order valence-corrected chi connectivity index (χ3v) is 2.80. The van der Waals surface area contributed by atoms with Crippen LogP contribution < -0.4 is 5.73 Å². The molecule has 80 valence electrons. The van der Waals surface area contributed by atoms with E-state index in [0.29, 0.717) is 0 Å². The lowest BCUT2D eigenvalue weighted by molar-refractivity contribution is 0.756. The van der Waals surface area contributed by atoms with Crippen molar-refractivity contribution >= 4 is 5.65 Å². The van der Waals surface area contributed by atoms with Gasteiger partial charge in [-0.05, 0) is 32.4 Å². The van der Waals surface area contributed by atoms with Crippen molar-refractivity contribution in [1.29, 1.82) is 0 Å². The smallest absolute Gasteiger partial charge is 0.137 e. The topological polar surface area (TPSA) is 43.3 Å². The lowest BCUT2D eigenvalue weighted by Gasteiger charge is -2.10. The molecule has 0 saturated carbocycles. The van der Waals surface area contributed by atoms with Gasteiger partial charge in [-0.15, -0.1) is 0 Å². The summed E-state index contributed by atoms with van der Waals surface area (Å²) in [6.07, 6.45) is 0.964. The maximum atomic E-state index is 5.95. The largest absolute Gasteiger partial charge is 0.323 e. The highest BCUT2D eigenvalue weighted by Crippen LogP contribution is 2.18. The van der Waals surface area contributed by atoms with Crippen LogP contribution in [0.25, 0.3) is 5.65 Å². The first kappa shape index (κ1) is 10.2. The number of aromatic nitrogens is 2. The van der Waals surface area contributed by atoms with Crippen molar-refractivity contribution in [2.24, 2.45) is 5.73 Å². The molecule has 2 rings (SSSR count). The summed E-state index contributed by atoms with van der Waals surface area (Å²) in [6.45, 7) is 6.23. The van der Waals surface area contributed by atoms with E-state index >= 15 is 0 Å². The molecule has 2 heterocycles. The Labute approximate surface area is 89.9 Å². The van der Waals surface area contributed by atoms with Crippen LogP contribution in [0.2, 0.25) is 0 Å². The first-order valence-electron chi connectivity index (χ1n) is 5.37. The first-order valence-corrected chi connectivity index (χ1v) is 5.37. The Morgan fingerprint density at radius 1 is 1.47 bits per heavy atom. The molecule has 0 fully saturated rings. The molecule has 0 aliphatic heterocycles. The zero-order valence-electron chi connectivity index (χ0n) is 9.49. The van der Waals surface area contributed by atoms with Crippen LogP contribution in [0.5, 0.6) is 0 Å². The molecule has 0 bridgehead atoms. The number of hydrogen-bond donors (Lipinski definition) is 1. The summed E-state index contributed by atoms with van der Waals surface area (Å²) in [7, 11) is 0. The molecular weight excluding hydrogens is 186 g/mol. The van der Waals surface area contributed by atoms with E-state index in [1.807, 2.05) is 19.1 Å². The van der Waals surface area contributed by atoms with Crippen LogP contribution in [0, 0.1) is 6.92 Å². The zero-order chi connectivity index (χ0) is 11.0. The Balaban J connectivity index is 2.78. The van der Waals surface area contributed by atoms with Crippen LogP contribution in [0.3, 0.4) is 0 Å². The van der Waals surface area contributed by atoms with Gasteiger partial charge in [0.1, 0.15) is 5.65 Å². The lowest BCUT2D eigenvalue weighted by Crippen LogP contribution is -2.10. The second-order valence-electron chi connectivity index (χ2n) is 3.93. The van der Waals surface area contributed by atoms with Crippen molar-refractivity contribution in [2.45, 2.75) is 33.2 Å². The second kappa shape index (κ2) is 3.66. The van der Waals surface area contributed by atoms with Gasteiger partial charge < -0.3 is 5.73 Å². The summed E-state index contributed by atoms with van der Waals surface area (Å²) >= 11 is 0. The number of pyridine rings is 1. The van der Waals surface area contributed by atoms with Crippen molar-refractivity contribution in [3.05, 3.63) is 35.3 Å². The fourth-order valence-corrected chi connectivity index (χ4v) is 2.01. The van der Waals surface area contributed by atoms with E-state index in [2.05, 4.69) is 29.3 Å². The van der Waals surface area contributed by atoms with E-state index in [0.717, 1.165) is 23.5 Å². The Morgan fingerprint density at radius 3 is 2.80 bits per heavy atom. The van der Waals surface area contributed by atoms with Gasteiger partial charge in [-0.2, -0.15) is 0 Å². The molecule has 3 heteroatoms. The van der Waals surface area contributed by atoms with Crippen LogP contribution in [0.4, 0.5) is 0 Å². The molecule has 0 saturated heterocycles. The maximum absolute atomic E-state index is 5.95. The van der Waals surface area contributed by atoms with Gasteiger partial charge in [0, 0.05) is 17.4 Å². The standard InChI is InChI=1S/C12H17N3/c1-4-10-9(3)15-11(8(2)13)6-5-7-12(15)14-10/h5-8H,4,13H2,1-3H3. The Morgan fingerprint density at radius 2 is 2.20 bits per heavy atom. The van der Waals surface area contributed by atoms with Crippen molar-refractivity contribution in [3.63, 3.8) is 0 Å². The molecule has 2 N–H and O–H groups in total. The number of fused-ring (bicyclic) bond motifs is 1. The third kappa shape index (κ3) is 1.53. The monoisotopic (exact) mass is 203 g/mol. The number of imidazole rings is 1. The molecule has 3 nitrogen and oxygen atoms in total. The van der Waals surface area contributed by atoms with Gasteiger partial charge in [-0.1, -0.05) is 13.0 Å². The molecule has 1 atom stereocenters. The minimum Gasteiger partial charge on any atom is -0.323 e. The molecular formula is C12H17N3. The van der Waals surface area contributed by atoms with Gasteiger partial charge in [-0.3, -0.25) is 4.40 Å². The fraction of sp³-hybridized carbons (Fsp3) is 0.417. The SMILES string of the molecule is CCc1nc2cccc(C(C)N)n2c1C. The van der Waals surface area contributed by atoms with E-state index in [-0.39, 0.29) is 6.04 Å². The van der Waals surface area contributed by atoms with E-state index in [4.69, 9.17) is 5.73 Å². The molecule has 0 amide bonds. The Bertz CT molecular complexity index is 483. The van der Waals surface area contributed by atoms with E-state index in [9.17, 15) is 0 Å². The fourth-order valence-electron chi connectivity index (χ4n) is 2.01. The van der Waals surface area contributed by atoms with Crippen LogP contribution in [-0.4, -0.2) is 9.38 Å². The van der Waals surface area contributed by atoms with Crippen molar-refractivity contribution in [1.82, 2.24) is 9.38 Å². The number of nitrogens with two attached hydrogens (primary N) is 1. The highest BCUT2D eigenvalue weighted by molar-refractivity contribution is 5.45. The quantitative estimate of drug-likeness (QED) is 0.813. The Hall–Kier alpha value is -1.35. The predicted molar refractivity (Wildman–Crippen MR) is 61.9 cm³/mol. The van der Waals surface area contributed by atoms with Crippen molar-refractivity contribution in [3.8, 4) is 0 Å². The average Bonchev–Trinajstić information content (AvgIpc) is 2.55. The van der Waals surface area contributed by atoms with Gasteiger partial charge in [0.05, 0.1) is 5.69 Å². The van der Waals surface area contributed by atoms with Gasteiger partial charge in [0.2, 0.25) is 0 Å². The summed E-state index contributed by atoms with van der Waals surface area (Å²) in [5.74, 6) is 0. The summed E-state index contributed by atoms with van der Waals surface area (Å²) in [4.78, 5) is 4.58. The third-order valence-electron chi connectivity index (χ3n) is 2.80. The summed E-state index contributed by atoms with van der Waals surface area (Å²) in [6, 6.07) is 6.13. The minimum atomic E-state index is 0.0336. The molecule has 0 aliphatic rings. The van der Waals surface area contributed by atoms with E-state index in [1.165, 1.54) is 5.69 Å². The highest BCUT2D eigenvalue weighted by atomic mass is 15.0. The molecule has 0 radical (unpaired) electrons. The number of aryl methyl sites for hydroxylation is 2. The first-order chi connectivity index (χ1) is 7.15. The van der Waals surface area contributed by atoms with Crippen LogP contribution in [0.1, 0.15) is 37.0 Å². The van der Waals surface area contributed by atoms with E-state index in [1.54, 1.807) is 0 Å². The molecule has 1 unspecified atom stereocenters. The molecule has 0 aliphatic carbocycles. The lowest BCUT2D eigenvalue weighted by atomic mass is 10.2. The van der Waals surface area contributed by atoms with Gasteiger partial charge >= 0.3 is 0 Å². The van der Waals surface area contributed by atoms with Crippen molar-refractivity contribution < 1.29 is 0 Å². The predicted octanol–water partition coefficient (Wildman–Crippen LogP) is 2.22. The molecule has 2 aromatic heterocycles. The van der Waals surface area contributed by atoms with Gasteiger partial charge in [0.25, 0.3) is 0 Å². The zero-order valence-corrected chi connectivity index (χ0v) is 9.49. The van der Waals surface area contributed by atoms with Gasteiger partial charge in [0.15, 0.2) is 0 Å². The highest BCUT2D eigenvalue weighted by Gasteiger charge is 2.11. The van der Waals surface area contributed by atoms with Crippen LogP contribution in [0.15, 0.2) is 18.2 Å². The molecule has 15 heavy (non-hydrogen) atoms. The summed E-state index contributed by atoms with van der Waals surface area (Å²) in [5, 5.41) is 0. The van der Waals surface area contributed by atoms with Crippen LogP contribution in [-0.2, 0) is 6.42 Å². The summed E-state index contributed by atoms with van der Waals surface area (Å²) < 4.78 is 2.16. The number of rotatable bonds is 2. The minimum absolute atomic E-state index is 0.0336. The molecule has 2 aromatic rings. The molecule has 0 spiro atoms. The maximum Gasteiger partial charge on any atom is 0.137 e. The second-order valence-corrected chi connectivity index (χ2v) is 3.93. The van der Waals surface area contributed by atoms with Crippen LogP contribution >= 0.6 is 0 Å². The van der Waals surface area contributed by atoms with Gasteiger partial charge in [-0.25, -0.2) is 4.98 Å².